The molecule has 0 aromatic heterocycles. The number of nitrogens with zero attached hydrogens (tertiary/aromatic N) is 1. The molecule has 0 radical (unpaired) electrons. The fraction of sp³-hybridized carbons (Fsp3) is 0.316. The molecule has 3 rings (SSSR count). The zero-order chi connectivity index (χ0) is 17.1. The number of carbonyl (C=O) groups excluding carboxylic acids is 1. The average Bonchev–Trinajstić information content (AvgIpc) is 2.56. The summed E-state index contributed by atoms with van der Waals surface area (Å²) >= 11 is 0. The molecule has 2 atom stereocenters. The van der Waals surface area contributed by atoms with Crippen molar-refractivity contribution in [1.29, 1.82) is 0 Å². The molecule has 1 fully saturated rings. The number of benzene rings is 2. The summed E-state index contributed by atoms with van der Waals surface area (Å²) in [5.41, 5.74) is 7.62. The maximum Gasteiger partial charge on any atom is 0.253 e. The van der Waals surface area contributed by atoms with E-state index in [0.29, 0.717) is 18.7 Å². The largest absolute Gasteiger partial charge is 0.337 e. The first-order chi connectivity index (χ1) is 11.5. The van der Waals surface area contributed by atoms with Gasteiger partial charge in [-0.25, -0.2) is 8.78 Å². The summed E-state index contributed by atoms with van der Waals surface area (Å²) in [4.78, 5) is 14.3. The Bertz CT molecular complexity index is 700. The van der Waals surface area contributed by atoms with Crippen LogP contribution in [-0.2, 0) is 6.42 Å². The van der Waals surface area contributed by atoms with E-state index >= 15 is 0 Å². The first kappa shape index (κ1) is 16.6. The summed E-state index contributed by atoms with van der Waals surface area (Å²) in [6, 6.07) is 11.9. The van der Waals surface area contributed by atoms with Gasteiger partial charge in [0.1, 0.15) is 11.6 Å². The van der Waals surface area contributed by atoms with Crippen molar-refractivity contribution in [3.05, 3.63) is 71.3 Å². The Kier molecular flexibility index (Phi) is 4.90. The number of hydrogen-bond donors (Lipinski definition) is 1. The van der Waals surface area contributed by atoms with Gasteiger partial charge in [0.2, 0.25) is 0 Å². The van der Waals surface area contributed by atoms with Crippen LogP contribution in [0, 0.1) is 17.6 Å². The van der Waals surface area contributed by atoms with E-state index in [0.717, 1.165) is 18.4 Å². The van der Waals surface area contributed by atoms with Crippen LogP contribution in [0.25, 0.3) is 0 Å². The summed E-state index contributed by atoms with van der Waals surface area (Å²) in [5.74, 6) is -0.527. The highest BCUT2D eigenvalue weighted by molar-refractivity contribution is 5.94. The Morgan fingerprint density at radius 3 is 2.21 bits per heavy atom. The third kappa shape index (κ3) is 3.97. The normalized spacial score (nSPS) is 20.9. The molecular weight excluding hydrogens is 310 g/mol. The second-order valence-electron chi connectivity index (χ2n) is 6.41. The van der Waals surface area contributed by atoms with Gasteiger partial charge >= 0.3 is 0 Å². The average molecular weight is 330 g/mol. The number of piperidine rings is 1. The summed E-state index contributed by atoms with van der Waals surface area (Å²) in [5, 5.41) is 0. The zero-order valence-electron chi connectivity index (χ0n) is 13.3. The number of likely N-dealkylation sites (tertiary alicyclic amines) is 1. The van der Waals surface area contributed by atoms with Gasteiger partial charge in [-0.15, -0.1) is 0 Å². The van der Waals surface area contributed by atoms with Crippen LogP contribution in [0.2, 0.25) is 0 Å². The molecule has 2 N–H and O–H groups in total. The molecule has 1 aliphatic rings. The quantitative estimate of drug-likeness (QED) is 0.940. The minimum Gasteiger partial charge on any atom is -0.337 e. The predicted octanol–water partition coefficient (Wildman–Crippen LogP) is 3.00. The highest BCUT2D eigenvalue weighted by Gasteiger charge is 2.28. The number of carbonyl (C=O) groups is 1. The molecule has 0 saturated carbocycles. The Morgan fingerprint density at radius 2 is 1.58 bits per heavy atom. The molecule has 126 valence electrons. The minimum absolute atomic E-state index is 0.0893. The SMILES string of the molecule is NC1CC(Cc2ccc(F)cc2)CN(C(=O)c2ccc(F)cc2)C1. The van der Waals surface area contributed by atoms with E-state index in [9.17, 15) is 13.6 Å². The van der Waals surface area contributed by atoms with Crippen LogP contribution in [0.1, 0.15) is 22.3 Å². The van der Waals surface area contributed by atoms with E-state index in [4.69, 9.17) is 5.73 Å². The summed E-state index contributed by atoms with van der Waals surface area (Å²) < 4.78 is 26.0. The summed E-state index contributed by atoms with van der Waals surface area (Å²) in [6.07, 6.45) is 1.58. The van der Waals surface area contributed by atoms with Crippen LogP contribution in [0.4, 0.5) is 8.78 Å². The van der Waals surface area contributed by atoms with Crippen LogP contribution in [0.5, 0.6) is 0 Å². The van der Waals surface area contributed by atoms with Gasteiger partial charge in [0.15, 0.2) is 0 Å². The van der Waals surface area contributed by atoms with Crippen LogP contribution in [0.3, 0.4) is 0 Å². The van der Waals surface area contributed by atoms with Crippen LogP contribution < -0.4 is 5.73 Å². The fourth-order valence-electron chi connectivity index (χ4n) is 3.29. The molecule has 3 nitrogen and oxygen atoms in total. The highest BCUT2D eigenvalue weighted by Crippen LogP contribution is 2.22. The number of nitrogens with two attached hydrogens (primary N) is 1. The van der Waals surface area contributed by atoms with Crippen molar-refractivity contribution in [2.24, 2.45) is 11.7 Å². The van der Waals surface area contributed by atoms with E-state index in [2.05, 4.69) is 0 Å². The van der Waals surface area contributed by atoms with E-state index in [1.54, 1.807) is 17.0 Å². The van der Waals surface area contributed by atoms with E-state index in [1.165, 1.54) is 36.4 Å². The number of hydrogen-bond acceptors (Lipinski definition) is 2. The second-order valence-corrected chi connectivity index (χ2v) is 6.41. The van der Waals surface area contributed by atoms with Crippen molar-refractivity contribution < 1.29 is 13.6 Å². The fourth-order valence-corrected chi connectivity index (χ4v) is 3.29. The molecule has 2 aromatic carbocycles. The molecule has 24 heavy (non-hydrogen) atoms. The van der Waals surface area contributed by atoms with Crippen molar-refractivity contribution >= 4 is 5.91 Å². The molecule has 1 heterocycles. The first-order valence-corrected chi connectivity index (χ1v) is 8.06. The maximum atomic E-state index is 13.0. The topological polar surface area (TPSA) is 46.3 Å². The Balaban J connectivity index is 1.69. The van der Waals surface area contributed by atoms with Gasteiger partial charge in [-0.05, 0) is 60.7 Å². The summed E-state index contributed by atoms with van der Waals surface area (Å²) in [6.45, 7) is 1.09. The molecule has 1 amide bonds. The lowest BCUT2D eigenvalue weighted by molar-refractivity contribution is 0.0649. The Labute approximate surface area is 140 Å². The maximum absolute atomic E-state index is 13.0. The third-order valence-corrected chi connectivity index (χ3v) is 4.39. The van der Waals surface area contributed by atoms with Crippen molar-refractivity contribution in [3.63, 3.8) is 0 Å². The van der Waals surface area contributed by atoms with Crippen molar-refractivity contribution in [3.8, 4) is 0 Å². The molecule has 5 heteroatoms. The van der Waals surface area contributed by atoms with Gasteiger partial charge in [-0.2, -0.15) is 0 Å². The van der Waals surface area contributed by atoms with Gasteiger partial charge in [0, 0.05) is 24.7 Å². The molecule has 2 unspecified atom stereocenters. The van der Waals surface area contributed by atoms with Crippen LogP contribution in [0.15, 0.2) is 48.5 Å². The van der Waals surface area contributed by atoms with Crippen LogP contribution in [-0.4, -0.2) is 29.9 Å². The second kappa shape index (κ2) is 7.09. The standard InChI is InChI=1S/C19H20F2N2O/c20-16-5-1-13(2-6-16)9-14-10-18(22)12-23(11-14)19(24)15-3-7-17(21)8-4-15/h1-8,14,18H,9-12,22H2. The van der Waals surface area contributed by atoms with Crippen molar-refractivity contribution in [2.45, 2.75) is 18.9 Å². The molecule has 1 aliphatic heterocycles. The minimum atomic E-state index is -0.365. The van der Waals surface area contributed by atoms with Gasteiger partial charge in [0.05, 0.1) is 0 Å². The lowest BCUT2D eigenvalue weighted by Gasteiger charge is -2.36. The monoisotopic (exact) mass is 330 g/mol. The number of rotatable bonds is 3. The predicted molar refractivity (Wildman–Crippen MR) is 88.5 cm³/mol. The molecule has 0 spiro atoms. The molecule has 1 saturated heterocycles. The number of halogens is 2. The third-order valence-electron chi connectivity index (χ3n) is 4.39. The van der Waals surface area contributed by atoms with Crippen LogP contribution >= 0.6 is 0 Å². The smallest absolute Gasteiger partial charge is 0.253 e. The van der Waals surface area contributed by atoms with E-state index < -0.39 is 0 Å². The molecule has 0 bridgehead atoms. The molecule has 2 aromatic rings. The lowest BCUT2D eigenvalue weighted by Crippen LogP contribution is -2.49. The first-order valence-electron chi connectivity index (χ1n) is 8.06. The number of amides is 1. The summed E-state index contributed by atoms with van der Waals surface area (Å²) in [7, 11) is 0. The van der Waals surface area contributed by atoms with Gasteiger partial charge < -0.3 is 10.6 Å². The van der Waals surface area contributed by atoms with E-state index in [1.807, 2.05) is 0 Å². The van der Waals surface area contributed by atoms with Gasteiger partial charge in [0.25, 0.3) is 5.91 Å². The van der Waals surface area contributed by atoms with Gasteiger partial charge in [-0.3, -0.25) is 4.79 Å². The van der Waals surface area contributed by atoms with Gasteiger partial charge in [-0.1, -0.05) is 12.1 Å². The molecular formula is C19H20F2N2O. The Morgan fingerprint density at radius 1 is 1.00 bits per heavy atom. The highest BCUT2D eigenvalue weighted by atomic mass is 19.1. The van der Waals surface area contributed by atoms with Crippen molar-refractivity contribution in [1.82, 2.24) is 4.90 Å². The Hall–Kier alpha value is -2.27. The van der Waals surface area contributed by atoms with Crippen molar-refractivity contribution in [2.75, 3.05) is 13.1 Å². The lowest BCUT2D eigenvalue weighted by atomic mass is 9.88. The van der Waals surface area contributed by atoms with E-state index in [-0.39, 0.29) is 29.5 Å². The zero-order valence-corrected chi connectivity index (χ0v) is 13.3. The molecule has 0 aliphatic carbocycles.